The highest BCUT2D eigenvalue weighted by Gasteiger charge is 2.43. The highest BCUT2D eigenvalue weighted by molar-refractivity contribution is 6.05. The number of likely N-dealkylation sites (tertiary alicyclic amines) is 1. The summed E-state index contributed by atoms with van der Waals surface area (Å²) in [5.74, 6) is 1.25. The van der Waals surface area contributed by atoms with Crippen LogP contribution in [0.25, 0.3) is 10.8 Å². The van der Waals surface area contributed by atoms with Gasteiger partial charge in [-0.15, -0.1) is 0 Å². The number of nitrogens with one attached hydrogen (secondary N) is 1. The van der Waals surface area contributed by atoms with E-state index >= 15 is 0 Å². The Morgan fingerprint density at radius 2 is 1.84 bits per heavy atom. The maximum Gasteiger partial charge on any atom is 0.258 e. The number of methoxy groups -OCH3 is 1. The molecular weight excluding hydrogens is 392 g/mol. The van der Waals surface area contributed by atoms with Crippen LogP contribution >= 0.6 is 0 Å². The van der Waals surface area contributed by atoms with Crippen molar-refractivity contribution in [2.45, 2.75) is 25.0 Å². The van der Waals surface area contributed by atoms with Crippen LogP contribution in [0.3, 0.4) is 0 Å². The minimum Gasteiger partial charge on any atom is -0.497 e. The van der Waals surface area contributed by atoms with Crippen molar-refractivity contribution in [3.63, 3.8) is 0 Å². The van der Waals surface area contributed by atoms with E-state index in [1.54, 1.807) is 13.2 Å². The Balaban J connectivity index is 1.37. The summed E-state index contributed by atoms with van der Waals surface area (Å²) >= 11 is 0. The van der Waals surface area contributed by atoms with Gasteiger partial charge in [-0.05, 0) is 29.1 Å². The highest BCUT2D eigenvalue weighted by atomic mass is 16.5. The molecule has 2 heterocycles. The fourth-order valence-electron chi connectivity index (χ4n) is 4.41. The average Bonchev–Trinajstić information content (AvgIpc) is 2.79. The summed E-state index contributed by atoms with van der Waals surface area (Å²) in [4.78, 5) is 27.5. The zero-order chi connectivity index (χ0) is 21.4. The minimum absolute atomic E-state index is 0.0961. The van der Waals surface area contributed by atoms with Gasteiger partial charge in [0.1, 0.15) is 11.5 Å². The first kappa shape index (κ1) is 19.4. The number of rotatable bonds is 3. The lowest BCUT2D eigenvalue weighted by atomic mass is 9.95. The second-order valence-corrected chi connectivity index (χ2v) is 8.12. The largest absolute Gasteiger partial charge is 0.497 e. The summed E-state index contributed by atoms with van der Waals surface area (Å²) in [6.07, 6.45) is 1.46. The monoisotopic (exact) mass is 416 g/mol. The van der Waals surface area contributed by atoms with Crippen LogP contribution in [0.5, 0.6) is 11.5 Å². The topological polar surface area (TPSA) is 67.9 Å². The van der Waals surface area contributed by atoms with Crippen molar-refractivity contribution in [2.75, 3.05) is 20.2 Å². The second kappa shape index (κ2) is 7.61. The van der Waals surface area contributed by atoms with Crippen molar-refractivity contribution >= 4 is 22.6 Å². The molecule has 2 aliphatic rings. The third kappa shape index (κ3) is 3.58. The molecule has 1 spiro atoms. The summed E-state index contributed by atoms with van der Waals surface area (Å²) in [6.45, 7) is 1.07. The van der Waals surface area contributed by atoms with E-state index in [0.29, 0.717) is 49.4 Å². The molecule has 31 heavy (non-hydrogen) atoms. The number of amides is 2. The average molecular weight is 416 g/mol. The first-order valence-corrected chi connectivity index (χ1v) is 10.5. The van der Waals surface area contributed by atoms with Crippen molar-refractivity contribution in [3.8, 4) is 11.5 Å². The van der Waals surface area contributed by atoms with Crippen LogP contribution in [0.15, 0.2) is 60.7 Å². The molecule has 1 saturated heterocycles. The Hall–Kier alpha value is -3.54. The van der Waals surface area contributed by atoms with Gasteiger partial charge in [0.25, 0.3) is 5.91 Å². The summed E-state index contributed by atoms with van der Waals surface area (Å²) < 4.78 is 11.8. The fraction of sp³-hybridized carbons (Fsp3) is 0.280. The van der Waals surface area contributed by atoms with E-state index in [0.717, 1.165) is 16.3 Å². The molecule has 0 saturated carbocycles. The van der Waals surface area contributed by atoms with Crippen molar-refractivity contribution in [2.24, 2.45) is 0 Å². The van der Waals surface area contributed by atoms with Gasteiger partial charge in [0, 0.05) is 31.3 Å². The summed E-state index contributed by atoms with van der Waals surface area (Å²) in [7, 11) is 1.62. The standard InChI is InChI=1S/C25H24N2O4/c1-30-19-9-7-18-8-10-20-23(21(18)16-19)31-25(26-24(20)29)11-13-27(14-12-25)22(28)15-17-5-3-2-4-6-17/h2-10,16H,11-15H2,1H3,(H,26,29). The summed E-state index contributed by atoms with van der Waals surface area (Å²) in [5.41, 5.74) is 0.726. The van der Waals surface area contributed by atoms with Crippen LogP contribution < -0.4 is 14.8 Å². The van der Waals surface area contributed by atoms with Crippen molar-refractivity contribution < 1.29 is 19.1 Å². The number of hydrogen-bond donors (Lipinski definition) is 1. The number of hydrogen-bond acceptors (Lipinski definition) is 4. The molecule has 3 aromatic carbocycles. The Bertz CT molecular complexity index is 1150. The predicted molar refractivity (Wildman–Crippen MR) is 117 cm³/mol. The summed E-state index contributed by atoms with van der Waals surface area (Å²) in [6, 6.07) is 19.2. The number of ether oxygens (including phenoxy) is 2. The molecule has 1 N–H and O–H groups in total. The Morgan fingerprint density at radius 3 is 2.58 bits per heavy atom. The molecule has 6 heteroatoms. The van der Waals surface area contributed by atoms with Crippen LogP contribution in [-0.4, -0.2) is 42.6 Å². The van der Waals surface area contributed by atoms with E-state index in [2.05, 4.69) is 5.32 Å². The van der Waals surface area contributed by atoms with Crippen molar-refractivity contribution in [1.82, 2.24) is 10.2 Å². The van der Waals surface area contributed by atoms with Crippen LogP contribution in [0.2, 0.25) is 0 Å². The molecule has 0 unspecified atom stereocenters. The smallest absolute Gasteiger partial charge is 0.258 e. The molecule has 3 aromatic rings. The Kier molecular flexibility index (Phi) is 4.77. The van der Waals surface area contributed by atoms with E-state index in [1.165, 1.54) is 0 Å². The van der Waals surface area contributed by atoms with Gasteiger partial charge < -0.3 is 19.7 Å². The van der Waals surface area contributed by atoms with Crippen molar-refractivity contribution in [1.29, 1.82) is 0 Å². The molecule has 0 aromatic heterocycles. The Morgan fingerprint density at radius 1 is 1.10 bits per heavy atom. The molecule has 0 radical (unpaired) electrons. The SMILES string of the molecule is COc1ccc2ccc3c(c2c1)OC1(CCN(C(=O)Cc2ccccc2)CC1)NC3=O. The van der Waals surface area contributed by atoms with Gasteiger partial charge in [0.05, 0.1) is 19.1 Å². The predicted octanol–water partition coefficient (Wildman–Crippen LogP) is 3.53. The molecule has 2 aliphatic heterocycles. The third-order valence-corrected chi connectivity index (χ3v) is 6.18. The van der Waals surface area contributed by atoms with E-state index in [1.807, 2.05) is 59.5 Å². The van der Waals surface area contributed by atoms with E-state index in [4.69, 9.17) is 9.47 Å². The number of piperidine rings is 1. The number of benzene rings is 3. The lowest BCUT2D eigenvalue weighted by molar-refractivity contribution is -0.134. The molecule has 0 bridgehead atoms. The lowest BCUT2D eigenvalue weighted by Gasteiger charge is -2.44. The lowest BCUT2D eigenvalue weighted by Crippen LogP contribution is -2.61. The van der Waals surface area contributed by atoms with E-state index in [9.17, 15) is 9.59 Å². The normalized spacial score (nSPS) is 17.1. The first-order chi connectivity index (χ1) is 15.1. The molecule has 0 aliphatic carbocycles. The first-order valence-electron chi connectivity index (χ1n) is 10.5. The quantitative estimate of drug-likeness (QED) is 0.709. The molecule has 5 rings (SSSR count). The molecule has 2 amide bonds. The van der Waals surface area contributed by atoms with Crippen LogP contribution in [0.1, 0.15) is 28.8 Å². The Labute approximate surface area is 180 Å². The van der Waals surface area contributed by atoms with Gasteiger partial charge in [-0.3, -0.25) is 9.59 Å². The van der Waals surface area contributed by atoms with Gasteiger partial charge in [0.15, 0.2) is 5.72 Å². The zero-order valence-electron chi connectivity index (χ0n) is 17.4. The van der Waals surface area contributed by atoms with E-state index < -0.39 is 5.72 Å². The minimum atomic E-state index is -0.801. The highest BCUT2D eigenvalue weighted by Crippen LogP contribution is 2.39. The maximum atomic E-state index is 12.9. The summed E-state index contributed by atoms with van der Waals surface area (Å²) in [5, 5.41) is 4.90. The zero-order valence-corrected chi connectivity index (χ0v) is 17.4. The van der Waals surface area contributed by atoms with Crippen molar-refractivity contribution in [3.05, 3.63) is 71.8 Å². The van der Waals surface area contributed by atoms with Gasteiger partial charge in [-0.1, -0.05) is 42.5 Å². The van der Waals surface area contributed by atoms with Gasteiger partial charge in [0.2, 0.25) is 5.91 Å². The number of carbonyl (C=O) groups is 2. The van der Waals surface area contributed by atoms with Crippen LogP contribution in [0.4, 0.5) is 0 Å². The molecule has 0 atom stereocenters. The van der Waals surface area contributed by atoms with Gasteiger partial charge in [-0.2, -0.15) is 0 Å². The van der Waals surface area contributed by atoms with E-state index in [-0.39, 0.29) is 11.8 Å². The van der Waals surface area contributed by atoms with Gasteiger partial charge in [-0.25, -0.2) is 0 Å². The maximum absolute atomic E-state index is 12.9. The van der Waals surface area contributed by atoms with Crippen LogP contribution in [0, 0.1) is 0 Å². The third-order valence-electron chi connectivity index (χ3n) is 6.18. The number of nitrogens with zero attached hydrogens (tertiary/aromatic N) is 1. The van der Waals surface area contributed by atoms with Gasteiger partial charge >= 0.3 is 0 Å². The van der Waals surface area contributed by atoms with Crippen LogP contribution in [-0.2, 0) is 11.2 Å². The second-order valence-electron chi connectivity index (χ2n) is 8.12. The fourth-order valence-corrected chi connectivity index (χ4v) is 4.41. The number of carbonyl (C=O) groups excluding carboxylic acids is 2. The molecular formula is C25H24N2O4. The molecule has 158 valence electrons. The molecule has 6 nitrogen and oxygen atoms in total. The number of fused-ring (bicyclic) bond motifs is 3. The molecule has 1 fully saturated rings.